The van der Waals surface area contributed by atoms with Crippen molar-refractivity contribution in [3.63, 3.8) is 0 Å². The standard InChI is InChI=1S/C8H15N2/c1-8(2,3)7-5-9-10(4)6-7/h5-7H,1-4H3/q+1. The van der Waals surface area contributed by atoms with Crippen LogP contribution in [0.25, 0.3) is 0 Å². The predicted molar refractivity (Wildman–Crippen MR) is 43.7 cm³/mol. The minimum absolute atomic E-state index is 0.314. The second-order valence-electron chi connectivity index (χ2n) is 3.88. The van der Waals surface area contributed by atoms with Gasteiger partial charge in [-0.3, -0.25) is 0 Å². The Bertz CT molecular complexity index is 184. The summed E-state index contributed by atoms with van der Waals surface area (Å²) in [6.45, 7) is 6.66. The summed E-state index contributed by atoms with van der Waals surface area (Å²) in [5.74, 6) is 0.498. The molecule has 0 radical (unpaired) electrons. The van der Waals surface area contributed by atoms with Crippen LogP contribution < -0.4 is 0 Å². The van der Waals surface area contributed by atoms with E-state index >= 15 is 0 Å². The smallest absolute Gasteiger partial charge is 0.0977 e. The number of rotatable bonds is 0. The molecule has 2 heteroatoms. The predicted octanol–water partition coefficient (Wildman–Crippen LogP) is 1.36. The summed E-state index contributed by atoms with van der Waals surface area (Å²) in [5.41, 5.74) is 0.314. The summed E-state index contributed by atoms with van der Waals surface area (Å²) in [6, 6.07) is 0. The van der Waals surface area contributed by atoms with Crippen LogP contribution >= 0.6 is 0 Å². The Labute approximate surface area is 62.3 Å². The highest BCUT2D eigenvalue weighted by atomic mass is 15.4. The van der Waals surface area contributed by atoms with Crippen LogP contribution in [0.4, 0.5) is 0 Å². The highest BCUT2D eigenvalue weighted by Crippen LogP contribution is 2.24. The fraction of sp³-hybridized carbons (Fsp3) is 0.750. The molecule has 0 aliphatic carbocycles. The van der Waals surface area contributed by atoms with Crippen molar-refractivity contribution >= 4 is 12.4 Å². The molecule has 0 saturated heterocycles. The third-order valence-corrected chi connectivity index (χ3v) is 1.79. The van der Waals surface area contributed by atoms with E-state index in [4.69, 9.17) is 0 Å². The maximum absolute atomic E-state index is 4.14. The van der Waals surface area contributed by atoms with Gasteiger partial charge < -0.3 is 0 Å². The van der Waals surface area contributed by atoms with Crippen molar-refractivity contribution in [2.75, 3.05) is 7.05 Å². The lowest BCUT2D eigenvalue weighted by atomic mass is 9.83. The molecule has 0 aromatic heterocycles. The molecule has 0 bridgehead atoms. The molecule has 1 atom stereocenters. The Morgan fingerprint density at radius 3 is 2.20 bits per heavy atom. The van der Waals surface area contributed by atoms with E-state index in [1.807, 2.05) is 17.9 Å². The third kappa shape index (κ3) is 1.43. The number of nitrogens with zero attached hydrogens (tertiary/aromatic N) is 2. The lowest BCUT2D eigenvalue weighted by Crippen LogP contribution is -2.21. The van der Waals surface area contributed by atoms with E-state index in [-0.39, 0.29) is 0 Å². The third-order valence-electron chi connectivity index (χ3n) is 1.79. The average molecular weight is 139 g/mol. The zero-order valence-electron chi connectivity index (χ0n) is 7.13. The zero-order chi connectivity index (χ0) is 7.78. The quantitative estimate of drug-likeness (QED) is 0.450. The summed E-state index contributed by atoms with van der Waals surface area (Å²) in [5, 5.41) is 4.14. The molecule has 1 aliphatic rings. The Kier molecular flexibility index (Phi) is 1.63. The van der Waals surface area contributed by atoms with Crippen molar-refractivity contribution in [2.24, 2.45) is 16.4 Å². The van der Waals surface area contributed by atoms with E-state index in [0.29, 0.717) is 11.3 Å². The van der Waals surface area contributed by atoms with Crippen LogP contribution in [0.2, 0.25) is 0 Å². The molecule has 1 unspecified atom stereocenters. The van der Waals surface area contributed by atoms with Crippen molar-refractivity contribution in [3.8, 4) is 0 Å². The number of hydrazone groups is 1. The van der Waals surface area contributed by atoms with Gasteiger partial charge in [-0.05, 0) is 10.5 Å². The Balaban J connectivity index is 2.72. The van der Waals surface area contributed by atoms with Crippen molar-refractivity contribution in [2.45, 2.75) is 20.8 Å². The fourth-order valence-corrected chi connectivity index (χ4v) is 0.934. The first-order valence-electron chi connectivity index (χ1n) is 3.62. The highest BCUT2D eigenvalue weighted by Gasteiger charge is 2.28. The highest BCUT2D eigenvalue weighted by molar-refractivity contribution is 5.84. The van der Waals surface area contributed by atoms with Crippen molar-refractivity contribution in [1.29, 1.82) is 0 Å². The SMILES string of the molecule is C[N+]1=CC(C(C)(C)C)C=N1. The summed E-state index contributed by atoms with van der Waals surface area (Å²) >= 11 is 0. The first-order valence-corrected chi connectivity index (χ1v) is 3.62. The largest absolute Gasteiger partial charge is 0.181 e. The fourth-order valence-electron chi connectivity index (χ4n) is 0.934. The Morgan fingerprint density at radius 1 is 1.40 bits per heavy atom. The van der Waals surface area contributed by atoms with E-state index in [1.165, 1.54) is 0 Å². The topological polar surface area (TPSA) is 15.4 Å². The molecule has 1 rings (SSSR count). The molecule has 1 heterocycles. The number of hydrogen-bond donors (Lipinski definition) is 0. The van der Waals surface area contributed by atoms with Gasteiger partial charge in [0, 0.05) is 0 Å². The molecular formula is C8H15N2+. The normalized spacial score (nSPS) is 25.2. The van der Waals surface area contributed by atoms with Gasteiger partial charge in [-0.1, -0.05) is 25.5 Å². The van der Waals surface area contributed by atoms with Gasteiger partial charge in [0.05, 0.1) is 12.1 Å². The molecule has 10 heavy (non-hydrogen) atoms. The van der Waals surface area contributed by atoms with Crippen LogP contribution in [0.1, 0.15) is 20.8 Å². The summed E-state index contributed by atoms with van der Waals surface area (Å²) in [6.07, 6.45) is 4.14. The maximum Gasteiger partial charge on any atom is 0.181 e. The Hall–Kier alpha value is -0.660. The molecule has 0 N–H and O–H groups in total. The Morgan fingerprint density at radius 2 is 2.00 bits per heavy atom. The van der Waals surface area contributed by atoms with E-state index in [2.05, 4.69) is 32.1 Å². The average Bonchev–Trinajstić information content (AvgIpc) is 2.11. The van der Waals surface area contributed by atoms with Crippen LogP contribution in [0.5, 0.6) is 0 Å². The van der Waals surface area contributed by atoms with Crippen molar-refractivity contribution < 1.29 is 4.68 Å². The van der Waals surface area contributed by atoms with Gasteiger partial charge in [-0.15, -0.1) is 0 Å². The van der Waals surface area contributed by atoms with Gasteiger partial charge in [-0.25, -0.2) is 0 Å². The van der Waals surface area contributed by atoms with Crippen LogP contribution in [-0.2, 0) is 0 Å². The second kappa shape index (κ2) is 2.19. The van der Waals surface area contributed by atoms with Crippen LogP contribution in [0, 0.1) is 11.3 Å². The molecule has 2 nitrogen and oxygen atoms in total. The maximum atomic E-state index is 4.14. The lowest BCUT2D eigenvalue weighted by Gasteiger charge is -2.18. The van der Waals surface area contributed by atoms with Crippen molar-refractivity contribution in [1.82, 2.24) is 0 Å². The zero-order valence-corrected chi connectivity index (χ0v) is 7.13. The van der Waals surface area contributed by atoms with Crippen LogP contribution in [0.15, 0.2) is 5.10 Å². The van der Waals surface area contributed by atoms with Crippen molar-refractivity contribution in [3.05, 3.63) is 0 Å². The van der Waals surface area contributed by atoms with Gasteiger partial charge in [0.25, 0.3) is 0 Å². The van der Waals surface area contributed by atoms with Gasteiger partial charge >= 0.3 is 0 Å². The minimum atomic E-state index is 0.314. The molecule has 0 fully saturated rings. The lowest BCUT2D eigenvalue weighted by molar-refractivity contribution is -0.494. The molecule has 0 aromatic rings. The first-order chi connectivity index (χ1) is 4.50. The molecule has 1 aliphatic heterocycles. The summed E-state index contributed by atoms with van der Waals surface area (Å²) < 4.78 is 1.87. The molecule has 0 amide bonds. The van der Waals surface area contributed by atoms with E-state index < -0.39 is 0 Å². The van der Waals surface area contributed by atoms with Crippen LogP contribution in [0.3, 0.4) is 0 Å². The van der Waals surface area contributed by atoms with E-state index in [1.54, 1.807) is 0 Å². The van der Waals surface area contributed by atoms with E-state index in [0.717, 1.165) is 0 Å². The van der Waals surface area contributed by atoms with Crippen LogP contribution in [-0.4, -0.2) is 24.2 Å². The van der Waals surface area contributed by atoms with Gasteiger partial charge in [-0.2, -0.15) is 0 Å². The second-order valence-corrected chi connectivity index (χ2v) is 3.88. The first kappa shape index (κ1) is 7.45. The summed E-state index contributed by atoms with van der Waals surface area (Å²) in [7, 11) is 1.96. The molecule has 0 saturated carbocycles. The molecule has 0 aromatic carbocycles. The summed E-state index contributed by atoms with van der Waals surface area (Å²) in [4.78, 5) is 0. The molecular weight excluding hydrogens is 124 g/mol. The van der Waals surface area contributed by atoms with Gasteiger partial charge in [0.15, 0.2) is 13.3 Å². The molecule has 0 spiro atoms. The minimum Gasteiger partial charge on any atom is -0.0977 e. The van der Waals surface area contributed by atoms with Gasteiger partial charge in [0.2, 0.25) is 0 Å². The molecule has 56 valence electrons. The monoisotopic (exact) mass is 139 g/mol. The van der Waals surface area contributed by atoms with E-state index in [9.17, 15) is 0 Å². The number of hydrogen-bond acceptors (Lipinski definition) is 1. The van der Waals surface area contributed by atoms with Gasteiger partial charge in [0.1, 0.15) is 0 Å².